The molecule has 2 aromatic carbocycles. The van der Waals surface area contributed by atoms with Crippen molar-refractivity contribution in [2.24, 2.45) is 0 Å². The van der Waals surface area contributed by atoms with Crippen LogP contribution < -0.4 is 0 Å². The summed E-state index contributed by atoms with van der Waals surface area (Å²) in [6, 6.07) is 22.8. The van der Waals surface area contributed by atoms with Crippen molar-refractivity contribution in [3.05, 3.63) is 101 Å². The minimum atomic E-state index is -0.274. The highest BCUT2D eigenvalue weighted by Gasteiger charge is 2.24. The average Bonchev–Trinajstić information content (AvgIpc) is 2.76. The van der Waals surface area contributed by atoms with E-state index in [-0.39, 0.29) is 11.7 Å². The lowest BCUT2D eigenvalue weighted by molar-refractivity contribution is -0.131. The fourth-order valence-corrected chi connectivity index (χ4v) is 3.94. The maximum absolute atomic E-state index is 13.0. The van der Waals surface area contributed by atoms with Gasteiger partial charge in [-0.1, -0.05) is 48.5 Å². The second-order valence-corrected chi connectivity index (χ2v) is 7.67. The Balaban J connectivity index is 1.34. The zero-order chi connectivity index (χ0) is 20.1. The highest BCUT2D eigenvalue weighted by atomic mass is 19.1. The predicted molar refractivity (Wildman–Crippen MR) is 112 cm³/mol. The van der Waals surface area contributed by atoms with Gasteiger partial charge in [0.2, 0.25) is 5.91 Å². The zero-order valence-electron chi connectivity index (χ0n) is 16.4. The molecule has 1 aliphatic rings. The topological polar surface area (TPSA) is 33.2 Å². The average molecular weight is 388 g/mol. The maximum atomic E-state index is 13.0. The van der Waals surface area contributed by atoms with Gasteiger partial charge in [0.1, 0.15) is 5.82 Å². The van der Waals surface area contributed by atoms with Gasteiger partial charge in [0.05, 0.1) is 6.42 Å². The first-order chi connectivity index (χ1) is 14.2. The number of pyridine rings is 1. The van der Waals surface area contributed by atoms with Gasteiger partial charge < -0.3 is 4.90 Å². The third-order valence-corrected chi connectivity index (χ3v) is 5.59. The number of nitrogens with zero attached hydrogens (tertiary/aromatic N) is 2. The van der Waals surface area contributed by atoms with Crippen LogP contribution in [0.5, 0.6) is 0 Å². The monoisotopic (exact) mass is 388 g/mol. The summed E-state index contributed by atoms with van der Waals surface area (Å²) in [6.45, 7) is 1.49. The van der Waals surface area contributed by atoms with E-state index in [2.05, 4.69) is 42.5 Å². The number of benzene rings is 2. The van der Waals surface area contributed by atoms with Gasteiger partial charge in [-0.25, -0.2) is 4.39 Å². The second-order valence-electron chi connectivity index (χ2n) is 7.67. The van der Waals surface area contributed by atoms with Crippen LogP contribution in [0, 0.1) is 5.82 Å². The predicted octanol–water partition coefficient (Wildman–Crippen LogP) is 4.76. The van der Waals surface area contributed by atoms with Crippen LogP contribution in [0.4, 0.5) is 4.39 Å². The fourth-order valence-electron chi connectivity index (χ4n) is 3.94. The Bertz CT molecular complexity index is 948. The molecule has 29 heavy (non-hydrogen) atoms. The van der Waals surface area contributed by atoms with Crippen LogP contribution in [0.2, 0.25) is 0 Å². The van der Waals surface area contributed by atoms with Gasteiger partial charge >= 0.3 is 0 Å². The molecule has 1 fully saturated rings. The van der Waals surface area contributed by atoms with E-state index in [1.54, 1.807) is 12.1 Å². The van der Waals surface area contributed by atoms with Crippen LogP contribution in [0.15, 0.2) is 72.8 Å². The highest BCUT2D eigenvalue weighted by Crippen LogP contribution is 2.27. The van der Waals surface area contributed by atoms with E-state index in [1.165, 1.54) is 17.7 Å². The lowest BCUT2D eigenvalue weighted by Crippen LogP contribution is -2.38. The van der Waals surface area contributed by atoms with Gasteiger partial charge in [-0.05, 0) is 48.2 Å². The van der Waals surface area contributed by atoms with Crippen molar-refractivity contribution in [1.82, 2.24) is 9.88 Å². The van der Waals surface area contributed by atoms with Crippen molar-refractivity contribution in [2.45, 2.75) is 31.6 Å². The van der Waals surface area contributed by atoms with Gasteiger partial charge in [-0.15, -0.1) is 0 Å². The molecule has 0 aliphatic carbocycles. The molecule has 3 nitrogen and oxygen atoms in total. The maximum Gasteiger partial charge on any atom is 0.226 e. The van der Waals surface area contributed by atoms with Gasteiger partial charge in [-0.2, -0.15) is 0 Å². The van der Waals surface area contributed by atoms with Crippen LogP contribution in [-0.4, -0.2) is 28.9 Å². The Morgan fingerprint density at radius 2 is 1.62 bits per heavy atom. The molecule has 0 unspecified atom stereocenters. The first-order valence-corrected chi connectivity index (χ1v) is 10.2. The number of likely N-dealkylation sites (tertiary alicyclic amines) is 1. The van der Waals surface area contributed by atoms with Gasteiger partial charge in [0.15, 0.2) is 0 Å². The molecule has 4 rings (SSSR count). The molecule has 0 saturated carbocycles. The van der Waals surface area contributed by atoms with Crippen molar-refractivity contribution in [3.63, 3.8) is 0 Å². The quantitative estimate of drug-likeness (QED) is 0.631. The molecule has 2 heterocycles. The van der Waals surface area contributed by atoms with Crippen LogP contribution in [0.25, 0.3) is 0 Å². The number of halogens is 1. The number of amides is 1. The molecule has 0 spiro atoms. The number of rotatable bonds is 5. The fraction of sp³-hybridized carbons (Fsp3) is 0.280. The number of aromatic nitrogens is 1. The zero-order valence-corrected chi connectivity index (χ0v) is 16.4. The Morgan fingerprint density at radius 1 is 0.897 bits per heavy atom. The van der Waals surface area contributed by atoms with Crippen LogP contribution in [0.3, 0.4) is 0 Å². The Morgan fingerprint density at radius 3 is 2.34 bits per heavy atom. The van der Waals surface area contributed by atoms with Crippen molar-refractivity contribution >= 4 is 5.91 Å². The van der Waals surface area contributed by atoms with E-state index in [0.29, 0.717) is 12.3 Å². The number of hydrogen-bond acceptors (Lipinski definition) is 2. The van der Waals surface area contributed by atoms with E-state index in [0.717, 1.165) is 49.3 Å². The normalized spacial score (nSPS) is 14.7. The third kappa shape index (κ3) is 5.08. The lowest BCUT2D eigenvalue weighted by atomic mass is 9.92. The molecule has 1 saturated heterocycles. The first kappa shape index (κ1) is 19.3. The van der Waals surface area contributed by atoms with E-state index in [1.807, 2.05) is 11.0 Å². The molecule has 1 aliphatic heterocycles. The summed E-state index contributed by atoms with van der Waals surface area (Å²) in [5, 5.41) is 0. The van der Waals surface area contributed by atoms with Gasteiger partial charge in [0.25, 0.3) is 0 Å². The van der Waals surface area contributed by atoms with Crippen LogP contribution in [-0.2, 0) is 17.6 Å². The number of hydrogen-bond donors (Lipinski definition) is 0. The SMILES string of the molecule is O=C(Cc1ccc(F)cc1)N1CCC(c2cccc(Cc3ccccc3)n2)CC1. The lowest BCUT2D eigenvalue weighted by Gasteiger charge is -2.32. The molecule has 0 N–H and O–H groups in total. The summed E-state index contributed by atoms with van der Waals surface area (Å²) in [5.74, 6) is 0.227. The smallest absolute Gasteiger partial charge is 0.226 e. The van der Waals surface area contributed by atoms with Gasteiger partial charge in [-0.3, -0.25) is 9.78 Å². The summed E-state index contributed by atoms with van der Waals surface area (Å²) in [4.78, 5) is 19.4. The number of piperidine rings is 1. The molecule has 148 valence electrons. The molecule has 0 bridgehead atoms. The molecule has 0 atom stereocenters. The number of carbonyl (C=O) groups is 1. The third-order valence-electron chi connectivity index (χ3n) is 5.59. The summed E-state index contributed by atoms with van der Waals surface area (Å²) in [5.41, 5.74) is 4.33. The van der Waals surface area contributed by atoms with E-state index in [9.17, 15) is 9.18 Å². The van der Waals surface area contributed by atoms with Crippen LogP contribution >= 0.6 is 0 Å². The largest absolute Gasteiger partial charge is 0.342 e. The molecule has 0 radical (unpaired) electrons. The van der Waals surface area contributed by atoms with Crippen molar-refractivity contribution in [1.29, 1.82) is 0 Å². The summed E-state index contributed by atoms with van der Waals surface area (Å²) < 4.78 is 13.0. The summed E-state index contributed by atoms with van der Waals surface area (Å²) in [6.07, 6.45) is 3.02. The van der Waals surface area contributed by atoms with E-state index < -0.39 is 0 Å². The minimum Gasteiger partial charge on any atom is -0.342 e. The van der Waals surface area contributed by atoms with E-state index in [4.69, 9.17) is 4.98 Å². The molecule has 1 amide bonds. The second kappa shape index (κ2) is 8.99. The first-order valence-electron chi connectivity index (χ1n) is 10.2. The van der Waals surface area contributed by atoms with Crippen molar-refractivity contribution < 1.29 is 9.18 Å². The van der Waals surface area contributed by atoms with Crippen LogP contribution in [0.1, 0.15) is 41.3 Å². The standard InChI is InChI=1S/C25H25FN2O/c26-22-11-9-20(10-12-22)18-25(29)28-15-13-21(14-16-28)24-8-4-7-23(27-24)17-19-5-2-1-3-6-19/h1-12,21H,13-18H2. The minimum absolute atomic E-state index is 0.112. The molecule has 3 aromatic rings. The van der Waals surface area contributed by atoms with Crippen molar-refractivity contribution in [2.75, 3.05) is 13.1 Å². The van der Waals surface area contributed by atoms with E-state index >= 15 is 0 Å². The number of carbonyl (C=O) groups excluding carboxylic acids is 1. The Kier molecular flexibility index (Phi) is 5.99. The summed E-state index contributed by atoms with van der Waals surface area (Å²) in [7, 11) is 0. The molecule has 4 heteroatoms. The van der Waals surface area contributed by atoms with Crippen molar-refractivity contribution in [3.8, 4) is 0 Å². The highest BCUT2D eigenvalue weighted by molar-refractivity contribution is 5.78. The molecule has 1 aromatic heterocycles. The molecular formula is C25H25FN2O. The molecular weight excluding hydrogens is 363 g/mol. The van der Waals surface area contributed by atoms with Gasteiger partial charge in [0, 0.05) is 36.8 Å². The Hall–Kier alpha value is -3.01. The Labute approximate surface area is 171 Å². The summed E-state index contributed by atoms with van der Waals surface area (Å²) >= 11 is 0.